The summed E-state index contributed by atoms with van der Waals surface area (Å²) in [7, 11) is 0. The van der Waals surface area contributed by atoms with E-state index in [4.69, 9.17) is 0 Å². The largest absolute Gasteiger partial charge is 0.311 e. The van der Waals surface area contributed by atoms with Crippen LogP contribution in [0.5, 0.6) is 0 Å². The SMILES string of the molecule is CCC1CN(Cc2ccc(F)cc2Br)C(C(C)CC)CN1. The van der Waals surface area contributed by atoms with Crippen molar-refractivity contribution in [2.24, 2.45) is 5.92 Å². The van der Waals surface area contributed by atoms with Gasteiger partial charge in [-0.1, -0.05) is 49.2 Å². The van der Waals surface area contributed by atoms with Gasteiger partial charge in [-0.25, -0.2) is 4.39 Å². The van der Waals surface area contributed by atoms with E-state index in [0.29, 0.717) is 18.0 Å². The van der Waals surface area contributed by atoms with Gasteiger partial charge < -0.3 is 5.32 Å². The monoisotopic (exact) mass is 356 g/mol. The molecule has 0 bridgehead atoms. The number of piperazine rings is 1. The topological polar surface area (TPSA) is 15.3 Å². The Morgan fingerprint density at radius 3 is 2.81 bits per heavy atom. The summed E-state index contributed by atoms with van der Waals surface area (Å²) in [6, 6.07) is 6.13. The first kappa shape index (κ1) is 16.9. The first-order chi connectivity index (χ1) is 10.0. The van der Waals surface area contributed by atoms with Crippen molar-refractivity contribution in [1.82, 2.24) is 10.2 Å². The highest BCUT2D eigenvalue weighted by Crippen LogP contribution is 2.25. The fraction of sp³-hybridized carbons (Fsp3) is 0.647. The molecule has 1 N–H and O–H groups in total. The van der Waals surface area contributed by atoms with Crippen LogP contribution >= 0.6 is 15.9 Å². The number of rotatable bonds is 5. The number of nitrogens with zero attached hydrogens (tertiary/aromatic N) is 1. The molecule has 1 saturated heterocycles. The van der Waals surface area contributed by atoms with E-state index in [2.05, 4.69) is 46.9 Å². The van der Waals surface area contributed by atoms with Crippen LogP contribution in [0.1, 0.15) is 39.2 Å². The molecular weight excluding hydrogens is 331 g/mol. The van der Waals surface area contributed by atoms with E-state index >= 15 is 0 Å². The molecule has 1 aromatic rings. The highest BCUT2D eigenvalue weighted by Gasteiger charge is 2.30. The molecule has 1 heterocycles. The summed E-state index contributed by atoms with van der Waals surface area (Å²) in [5.74, 6) is 0.477. The van der Waals surface area contributed by atoms with Crippen molar-refractivity contribution >= 4 is 15.9 Å². The van der Waals surface area contributed by atoms with Gasteiger partial charge in [0, 0.05) is 36.2 Å². The third-order valence-electron chi connectivity index (χ3n) is 4.72. The van der Waals surface area contributed by atoms with Crippen molar-refractivity contribution in [3.05, 3.63) is 34.1 Å². The van der Waals surface area contributed by atoms with Gasteiger partial charge in [0.05, 0.1) is 0 Å². The third-order valence-corrected chi connectivity index (χ3v) is 5.46. The summed E-state index contributed by atoms with van der Waals surface area (Å²) in [6.45, 7) is 9.80. The molecule has 0 aliphatic carbocycles. The first-order valence-corrected chi connectivity index (χ1v) is 8.75. The van der Waals surface area contributed by atoms with Gasteiger partial charge in [-0.15, -0.1) is 0 Å². The van der Waals surface area contributed by atoms with Crippen molar-refractivity contribution in [1.29, 1.82) is 0 Å². The smallest absolute Gasteiger partial charge is 0.124 e. The van der Waals surface area contributed by atoms with Crippen molar-refractivity contribution in [2.75, 3.05) is 13.1 Å². The molecule has 1 aromatic carbocycles. The van der Waals surface area contributed by atoms with Gasteiger partial charge in [0.15, 0.2) is 0 Å². The summed E-state index contributed by atoms with van der Waals surface area (Å²) >= 11 is 3.50. The van der Waals surface area contributed by atoms with Crippen molar-refractivity contribution in [3.63, 3.8) is 0 Å². The first-order valence-electron chi connectivity index (χ1n) is 7.96. The Balaban J connectivity index is 2.15. The van der Waals surface area contributed by atoms with Crippen LogP contribution < -0.4 is 5.32 Å². The lowest BCUT2D eigenvalue weighted by atomic mass is 9.93. The molecule has 0 spiro atoms. The molecule has 4 heteroatoms. The van der Waals surface area contributed by atoms with Crippen LogP contribution in [0, 0.1) is 11.7 Å². The minimum absolute atomic E-state index is 0.184. The van der Waals surface area contributed by atoms with E-state index in [9.17, 15) is 4.39 Å². The van der Waals surface area contributed by atoms with E-state index in [1.54, 1.807) is 12.1 Å². The number of hydrogen-bond acceptors (Lipinski definition) is 2. The van der Waals surface area contributed by atoms with Gasteiger partial charge in [-0.3, -0.25) is 4.90 Å². The molecule has 118 valence electrons. The van der Waals surface area contributed by atoms with Crippen LogP contribution in [-0.2, 0) is 6.54 Å². The Morgan fingerprint density at radius 2 is 2.19 bits per heavy atom. The highest BCUT2D eigenvalue weighted by atomic mass is 79.9. The zero-order valence-electron chi connectivity index (χ0n) is 13.2. The lowest BCUT2D eigenvalue weighted by Crippen LogP contribution is -2.57. The molecule has 0 saturated carbocycles. The van der Waals surface area contributed by atoms with Crippen LogP contribution in [0.25, 0.3) is 0 Å². The van der Waals surface area contributed by atoms with Gasteiger partial charge in [-0.05, 0) is 30.0 Å². The summed E-state index contributed by atoms with van der Waals surface area (Å²) in [5.41, 5.74) is 1.17. The van der Waals surface area contributed by atoms with E-state index in [1.807, 2.05) is 6.07 Å². The zero-order chi connectivity index (χ0) is 15.4. The molecule has 0 radical (unpaired) electrons. The van der Waals surface area contributed by atoms with Gasteiger partial charge in [0.2, 0.25) is 0 Å². The van der Waals surface area contributed by atoms with Crippen LogP contribution in [0.3, 0.4) is 0 Å². The second-order valence-electron chi connectivity index (χ2n) is 6.13. The summed E-state index contributed by atoms with van der Waals surface area (Å²) in [4.78, 5) is 2.57. The molecule has 2 nitrogen and oxygen atoms in total. The fourth-order valence-corrected chi connectivity index (χ4v) is 3.53. The predicted octanol–water partition coefficient (Wildman–Crippen LogP) is 4.19. The molecule has 3 atom stereocenters. The Kier molecular flexibility index (Phi) is 6.20. The molecule has 1 aliphatic heterocycles. The second kappa shape index (κ2) is 7.70. The molecule has 0 amide bonds. The standard InChI is InChI=1S/C17H26BrFN2/c1-4-12(3)17-9-20-15(5-2)11-21(17)10-13-6-7-14(19)8-16(13)18/h6-8,12,15,17,20H,4-5,9-11H2,1-3H3. The molecule has 1 fully saturated rings. The van der Waals surface area contributed by atoms with Crippen molar-refractivity contribution < 1.29 is 4.39 Å². The maximum atomic E-state index is 13.2. The molecule has 21 heavy (non-hydrogen) atoms. The average Bonchev–Trinajstić information content (AvgIpc) is 2.49. The Morgan fingerprint density at radius 1 is 1.43 bits per heavy atom. The minimum atomic E-state index is -0.184. The van der Waals surface area contributed by atoms with Crippen LogP contribution in [0.15, 0.2) is 22.7 Å². The van der Waals surface area contributed by atoms with Crippen molar-refractivity contribution in [3.8, 4) is 0 Å². The normalized spacial score (nSPS) is 25.0. The molecule has 0 aromatic heterocycles. The van der Waals surface area contributed by atoms with Gasteiger partial charge in [-0.2, -0.15) is 0 Å². The second-order valence-corrected chi connectivity index (χ2v) is 6.99. The molecule has 3 unspecified atom stereocenters. The summed E-state index contributed by atoms with van der Waals surface area (Å²) in [6.07, 6.45) is 2.33. The number of nitrogens with one attached hydrogen (secondary N) is 1. The zero-order valence-corrected chi connectivity index (χ0v) is 14.8. The van der Waals surface area contributed by atoms with E-state index in [-0.39, 0.29) is 5.82 Å². The van der Waals surface area contributed by atoms with Crippen LogP contribution in [0.2, 0.25) is 0 Å². The Labute approximate surface area is 136 Å². The molecule has 2 rings (SSSR count). The van der Waals surface area contributed by atoms with E-state index in [0.717, 1.165) is 30.5 Å². The van der Waals surface area contributed by atoms with Crippen LogP contribution in [0.4, 0.5) is 4.39 Å². The lowest BCUT2D eigenvalue weighted by Gasteiger charge is -2.43. The summed E-state index contributed by atoms with van der Waals surface area (Å²) in [5, 5.41) is 3.66. The number of halogens is 2. The van der Waals surface area contributed by atoms with Gasteiger partial charge in [0.1, 0.15) is 5.82 Å². The third kappa shape index (κ3) is 4.27. The average molecular weight is 357 g/mol. The number of hydrogen-bond donors (Lipinski definition) is 1. The Bertz CT molecular complexity index is 466. The quantitative estimate of drug-likeness (QED) is 0.850. The van der Waals surface area contributed by atoms with Crippen LogP contribution in [-0.4, -0.2) is 30.1 Å². The van der Waals surface area contributed by atoms with Crippen molar-refractivity contribution in [2.45, 2.75) is 52.2 Å². The molecular formula is C17H26BrFN2. The predicted molar refractivity (Wildman–Crippen MR) is 89.8 cm³/mol. The Hall–Kier alpha value is -0.450. The lowest BCUT2D eigenvalue weighted by molar-refractivity contribution is 0.0830. The molecule has 1 aliphatic rings. The van der Waals surface area contributed by atoms with E-state index < -0.39 is 0 Å². The maximum Gasteiger partial charge on any atom is 0.124 e. The van der Waals surface area contributed by atoms with Gasteiger partial charge in [0.25, 0.3) is 0 Å². The maximum absolute atomic E-state index is 13.2. The van der Waals surface area contributed by atoms with Gasteiger partial charge >= 0.3 is 0 Å². The number of benzene rings is 1. The highest BCUT2D eigenvalue weighted by molar-refractivity contribution is 9.10. The summed E-state index contributed by atoms with van der Waals surface area (Å²) < 4.78 is 14.1. The minimum Gasteiger partial charge on any atom is -0.311 e. The van der Waals surface area contributed by atoms with E-state index in [1.165, 1.54) is 12.0 Å². The fourth-order valence-electron chi connectivity index (χ4n) is 3.06.